The monoisotopic (exact) mass is 2010 g/mol. The molecule has 0 bridgehead atoms. The van der Waals surface area contributed by atoms with E-state index in [1.54, 1.807) is 28.8 Å². The van der Waals surface area contributed by atoms with Crippen LogP contribution in [0.2, 0.25) is 0 Å². The van der Waals surface area contributed by atoms with Crippen molar-refractivity contribution in [2.45, 2.75) is 157 Å². The molecule has 0 aliphatic carbocycles. The Morgan fingerprint density at radius 3 is 1.15 bits per heavy atom. The summed E-state index contributed by atoms with van der Waals surface area (Å²) in [7, 11) is 3.73. The standard InChI is InChI=1S/C39H42N8O3.C39H44N8O3.C39H41N7O4/c1-26(2)50-35-11-9-31(22-40-35)37-33-20-32(10-8-30(33)21-41-37)47-19-15-39(38(47)49)14-18-45(25-39)24-36(48)46-16-12-28(13-17-46)27-4-6-29(7-5-27)34-23-44(3)43-42-34;1-26(2)50-34-11-9-31(22-40-34)36-33-20-32(10-8-30(33)21-41-36)47-19-15-39(38(47)49)14-18-45(24-39)23-35(48)46-16-12-28(13-17-46)27-4-6-29(7-5-27)37-42-25-44(3)43-37;1-25(2)49-34-11-9-31(22-40-34)36-33-20-32(10-8-30(33)21-41-36)46-19-15-39(38(46)48)14-18-44(24-39)23-35(47)45-16-12-28(13-17-45)27-4-6-29(7-5-27)37-43-42-26(3)50-37/h4-12,20,22-23,26H,13-19,21,24-25H2,1-3H3;4-11,20,22,25-26,28H,12-19,21,23-24H2,1-3H3;4-12,20,22,25H,13-19,21,23-24H2,1-3H3/t3*39-/m000/s1. The molecule has 0 N–H and O–H groups in total. The number of carbonyl (C=O) groups is 6. The second-order valence-electron chi connectivity index (χ2n) is 42.7. The van der Waals surface area contributed by atoms with E-state index in [9.17, 15) is 28.8 Å². The molecule has 3 spiro atoms. The number of carbonyl (C=O) groups excluding carboxylic acids is 6. The van der Waals surface area contributed by atoms with Crippen molar-refractivity contribution in [3.05, 3.63) is 280 Å². The van der Waals surface area contributed by atoms with Crippen LogP contribution in [-0.4, -0.2) is 273 Å². The van der Waals surface area contributed by atoms with Crippen LogP contribution >= 0.6 is 0 Å². The van der Waals surface area contributed by atoms with Crippen molar-refractivity contribution in [1.82, 2.24) is 84.3 Å². The van der Waals surface area contributed by atoms with E-state index in [0.29, 0.717) is 140 Å². The quantitative estimate of drug-likeness (QED) is 0.0542. The summed E-state index contributed by atoms with van der Waals surface area (Å²) in [5.74, 6) is 4.91. The fraction of sp³-hybridized carbons (Fsp3) is 0.402. The molecule has 770 valence electrons. The van der Waals surface area contributed by atoms with Crippen molar-refractivity contribution in [2.75, 3.05) is 133 Å². The van der Waals surface area contributed by atoms with Crippen molar-refractivity contribution >= 4 is 80.8 Å². The fourth-order valence-corrected chi connectivity index (χ4v) is 23.5. The lowest BCUT2D eigenvalue weighted by molar-refractivity contribution is -0.134. The number of ether oxygens (including phenoxy) is 3. The van der Waals surface area contributed by atoms with Crippen molar-refractivity contribution in [2.24, 2.45) is 45.3 Å². The molecule has 12 aliphatic rings. The SMILES string of the molecule is CC(C)Oc1ccc(C2=NCc3ccc(N4CC[C@]5(CCN(CC(=O)N6CC=C(c7ccc(-c8cn(C)nn8)cc7)CC6)C5)C4=O)cc32)cn1.CC(C)Oc1ccc(C2=NCc3ccc(N4CC[C@]5(CCN(CC(=O)N6CCC(c7ccc(-c8ncn(C)n8)cc7)CC6)C5)C4=O)cc32)cn1.Cc1nnc(-c2ccc(C3=CCN(C(=O)CN4CC[C@]5(CCN(c6ccc7c(c6)C(c6ccc(OC(C)C)nc6)=NC7)C5=O)C4)CC3)cc2)o1. The number of aromatic nitrogens is 11. The highest BCUT2D eigenvalue weighted by Crippen LogP contribution is 2.48. The molecule has 18 heterocycles. The molecule has 7 saturated heterocycles. The highest BCUT2D eigenvalue weighted by Gasteiger charge is 2.55. The van der Waals surface area contributed by atoms with Gasteiger partial charge in [0.1, 0.15) is 12.0 Å². The molecular formula is C117H127N23O10. The Labute approximate surface area is 873 Å². The number of benzene rings is 6. The predicted octanol–water partition coefficient (Wildman–Crippen LogP) is 14.9. The summed E-state index contributed by atoms with van der Waals surface area (Å²) in [6.45, 7) is 26.8. The summed E-state index contributed by atoms with van der Waals surface area (Å²) < 4.78 is 26.1. The van der Waals surface area contributed by atoms with Crippen LogP contribution in [0.5, 0.6) is 17.6 Å². The van der Waals surface area contributed by atoms with E-state index >= 15 is 0 Å². The first-order chi connectivity index (χ1) is 72.7. The smallest absolute Gasteiger partial charge is 0.247 e. The predicted molar refractivity (Wildman–Crippen MR) is 573 cm³/mol. The number of rotatable bonds is 24. The number of anilines is 3. The molecule has 0 radical (unpaired) electrons. The zero-order valence-corrected chi connectivity index (χ0v) is 86.7. The lowest BCUT2D eigenvalue weighted by Crippen LogP contribution is -2.44. The molecule has 0 saturated carbocycles. The van der Waals surface area contributed by atoms with Gasteiger partial charge in [-0.25, -0.2) is 19.9 Å². The Morgan fingerprint density at radius 2 is 0.793 bits per heavy atom. The Morgan fingerprint density at radius 1 is 0.407 bits per heavy atom. The number of piperidine rings is 1. The highest BCUT2D eigenvalue weighted by molar-refractivity contribution is 6.18. The molecule has 12 aliphatic heterocycles. The first-order valence-electron chi connectivity index (χ1n) is 52.8. The van der Waals surface area contributed by atoms with Gasteiger partial charge in [0.25, 0.3) is 0 Å². The van der Waals surface area contributed by atoms with E-state index in [-0.39, 0.29) is 53.8 Å². The minimum absolute atomic E-state index is 0.0562. The lowest BCUT2D eigenvalue weighted by atomic mass is 9.85. The summed E-state index contributed by atoms with van der Waals surface area (Å²) in [4.78, 5) is 133. The van der Waals surface area contributed by atoms with Crippen LogP contribution in [0.15, 0.2) is 226 Å². The number of hydrogen-bond donors (Lipinski definition) is 0. The molecule has 6 aromatic carbocycles. The van der Waals surface area contributed by atoms with Crippen LogP contribution in [0.25, 0.3) is 45.2 Å². The largest absolute Gasteiger partial charge is 0.475 e. The number of likely N-dealkylation sites (tertiary alicyclic amines) is 4. The van der Waals surface area contributed by atoms with Gasteiger partial charge in [-0.15, -0.1) is 15.3 Å². The van der Waals surface area contributed by atoms with E-state index in [0.717, 1.165) is 215 Å². The van der Waals surface area contributed by atoms with Gasteiger partial charge in [0.05, 0.1) is 97.2 Å². The van der Waals surface area contributed by atoms with Gasteiger partial charge >= 0.3 is 0 Å². The van der Waals surface area contributed by atoms with Gasteiger partial charge in [0, 0.05) is 203 Å². The molecule has 6 amide bonds. The molecule has 33 heteroatoms. The molecule has 12 aromatic rings. The third-order valence-electron chi connectivity index (χ3n) is 31.6. The number of nitrogens with zero attached hydrogens (tertiary/aromatic N) is 23. The molecular weight excluding hydrogens is 1890 g/mol. The number of hydrogen-bond acceptors (Lipinski definition) is 25. The number of pyridine rings is 3. The molecule has 33 nitrogen and oxygen atoms in total. The minimum Gasteiger partial charge on any atom is -0.475 e. The average molecular weight is 2020 g/mol. The summed E-state index contributed by atoms with van der Waals surface area (Å²) in [6, 6.07) is 55.4. The summed E-state index contributed by atoms with van der Waals surface area (Å²) in [5, 5.41) is 20.6. The highest BCUT2D eigenvalue weighted by atomic mass is 16.5. The van der Waals surface area contributed by atoms with Crippen LogP contribution < -0.4 is 28.9 Å². The van der Waals surface area contributed by atoms with Crippen molar-refractivity contribution in [1.29, 1.82) is 0 Å². The van der Waals surface area contributed by atoms with Gasteiger partial charge in [0.15, 0.2) is 5.82 Å². The second-order valence-corrected chi connectivity index (χ2v) is 42.7. The van der Waals surface area contributed by atoms with Crippen LogP contribution in [0, 0.1) is 23.2 Å². The van der Waals surface area contributed by atoms with Crippen molar-refractivity contribution in [3.8, 4) is 51.7 Å². The number of aliphatic imine (C=N–C) groups is 3. The topological polar surface area (TPSA) is 335 Å². The molecule has 6 aromatic heterocycles. The fourth-order valence-electron chi connectivity index (χ4n) is 23.5. The number of amides is 6. The van der Waals surface area contributed by atoms with E-state index in [1.165, 1.54) is 22.3 Å². The van der Waals surface area contributed by atoms with Gasteiger partial charge in [-0.2, -0.15) is 5.10 Å². The average Bonchev–Trinajstić information content (AvgIpc) is 1.60. The summed E-state index contributed by atoms with van der Waals surface area (Å²) in [6.07, 6.45) is 21.8. The maximum Gasteiger partial charge on any atom is 0.247 e. The number of fused-ring (bicyclic) bond motifs is 3. The third kappa shape index (κ3) is 20.8. The molecule has 7 fully saturated rings. The van der Waals surface area contributed by atoms with E-state index in [1.807, 2.05) is 164 Å². The van der Waals surface area contributed by atoms with Gasteiger partial charge in [-0.1, -0.05) is 96.2 Å². The maximum atomic E-state index is 14.1. The van der Waals surface area contributed by atoms with Gasteiger partial charge in [-0.3, -0.25) is 67.8 Å². The van der Waals surface area contributed by atoms with Gasteiger partial charge in [0.2, 0.25) is 64.9 Å². The molecule has 150 heavy (non-hydrogen) atoms. The van der Waals surface area contributed by atoms with Crippen LogP contribution in [-0.2, 0) is 62.5 Å². The van der Waals surface area contributed by atoms with E-state index in [4.69, 9.17) is 33.6 Å². The molecule has 0 unspecified atom stereocenters. The second kappa shape index (κ2) is 42.1. The number of aryl methyl sites for hydroxylation is 3. The van der Waals surface area contributed by atoms with E-state index in [2.05, 4.69) is 176 Å². The van der Waals surface area contributed by atoms with Crippen LogP contribution in [0.3, 0.4) is 0 Å². The first kappa shape index (κ1) is 99.4. The lowest BCUT2D eigenvalue weighted by Gasteiger charge is -2.33. The van der Waals surface area contributed by atoms with Crippen molar-refractivity contribution in [3.63, 3.8) is 0 Å². The van der Waals surface area contributed by atoms with Gasteiger partial charge < -0.3 is 48.0 Å². The Kier molecular flexibility index (Phi) is 27.9. The Hall–Kier alpha value is -15.2. The molecule has 3 atom stereocenters. The summed E-state index contributed by atoms with van der Waals surface area (Å²) >= 11 is 0. The van der Waals surface area contributed by atoms with Crippen LogP contribution in [0.1, 0.15) is 184 Å². The minimum atomic E-state index is -0.451. The zero-order valence-electron chi connectivity index (χ0n) is 86.7. The van der Waals surface area contributed by atoms with E-state index < -0.39 is 16.2 Å². The maximum absolute atomic E-state index is 14.1. The Balaban J connectivity index is 0.000000127. The van der Waals surface area contributed by atoms with Crippen molar-refractivity contribution < 1.29 is 47.4 Å². The Bertz CT molecular complexity index is 7000. The normalized spacial score (nSPS) is 20.7. The summed E-state index contributed by atoms with van der Waals surface area (Å²) in [5.41, 5.74) is 23.4. The third-order valence-corrected chi connectivity index (χ3v) is 31.6. The van der Waals surface area contributed by atoms with Crippen LogP contribution in [0.4, 0.5) is 17.1 Å². The van der Waals surface area contributed by atoms with Gasteiger partial charge in [-0.05, 0) is 243 Å². The first-order valence-corrected chi connectivity index (χ1v) is 52.8. The zero-order chi connectivity index (χ0) is 103. The molecule has 24 rings (SSSR count).